The van der Waals surface area contributed by atoms with Crippen molar-refractivity contribution in [2.45, 2.75) is 45.5 Å². The monoisotopic (exact) mass is 531 g/mol. The highest BCUT2D eigenvalue weighted by atomic mass is 16.7. The van der Waals surface area contributed by atoms with Gasteiger partial charge in [-0.3, -0.25) is 9.69 Å². The van der Waals surface area contributed by atoms with Crippen LogP contribution in [0.25, 0.3) is 0 Å². The van der Waals surface area contributed by atoms with Gasteiger partial charge in [0.25, 0.3) is 0 Å². The Morgan fingerprint density at radius 3 is 2.23 bits per heavy atom. The first-order chi connectivity index (χ1) is 19.0. The van der Waals surface area contributed by atoms with E-state index < -0.39 is 6.29 Å². The molecule has 2 aliphatic heterocycles. The molecule has 3 heterocycles. The van der Waals surface area contributed by atoms with Crippen LogP contribution in [0.1, 0.15) is 48.5 Å². The summed E-state index contributed by atoms with van der Waals surface area (Å²) in [4.78, 5) is 24.8. The molecule has 0 radical (unpaired) electrons. The lowest BCUT2D eigenvalue weighted by atomic mass is 9.90. The van der Waals surface area contributed by atoms with E-state index in [0.717, 1.165) is 60.9 Å². The first-order valence-corrected chi connectivity index (χ1v) is 13.6. The number of ether oxygens (including phenoxy) is 2. The van der Waals surface area contributed by atoms with E-state index in [4.69, 9.17) is 9.47 Å². The van der Waals surface area contributed by atoms with Gasteiger partial charge in [0.2, 0.25) is 11.9 Å². The SMILES string of the molecule is CC(=O)NCc1ccc([C@H]2O[C@@H](CN3CCN(c4ncccn4)CC3)[C@@H](C)[C@@H](c3ccc(CO)cc3)O2)cc1. The van der Waals surface area contributed by atoms with Crippen LogP contribution < -0.4 is 10.2 Å². The summed E-state index contributed by atoms with van der Waals surface area (Å²) in [5, 5.41) is 12.3. The van der Waals surface area contributed by atoms with Gasteiger partial charge in [-0.1, -0.05) is 55.5 Å². The highest BCUT2D eigenvalue weighted by Gasteiger charge is 2.39. The zero-order valence-electron chi connectivity index (χ0n) is 22.6. The number of aliphatic hydroxyl groups excluding tert-OH is 1. The number of hydrogen-bond donors (Lipinski definition) is 2. The number of carbonyl (C=O) groups excluding carboxylic acids is 1. The van der Waals surface area contributed by atoms with E-state index in [0.29, 0.717) is 6.54 Å². The van der Waals surface area contributed by atoms with Gasteiger partial charge in [-0.2, -0.15) is 0 Å². The van der Waals surface area contributed by atoms with Crippen molar-refractivity contribution in [2.75, 3.05) is 37.6 Å². The molecule has 9 nitrogen and oxygen atoms in total. The van der Waals surface area contributed by atoms with Gasteiger partial charge in [0.1, 0.15) is 0 Å². The van der Waals surface area contributed by atoms with Crippen LogP contribution in [0.15, 0.2) is 67.0 Å². The Kier molecular flexibility index (Phi) is 8.83. The average Bonchev–Trinajstić information content (AvgIpc) is 2.98. The Hall–Kier alpha value is -3.37. The van der Waals surface area contributed by atoms with E-state index in [2.05, 4.69) is 32.0 Å². The van der Waals surface area contributed by atoms with Gasteiger partial charge in [0, 0.05) is 70.1 Å². The number of piperazine rings is 1. The Labute approximate surface area is 229 Å². The van der Waals surface area contributed by atoms with Crippen molar-refractivity contribution in [3.8, 4) is 0 Å². The van der Waals surface area contributed by atoms with Crippen LogP contribution in [0.2, 0.25) is 0 Å². The smallest absolute Gasteiger partial charge is 0.225 e. The molecule has 0 saturated carbocycles. The molecule has 0 bridgehead atoms. The van der Waals surface area contributed by atoms with Crippen LogP contribution in [-0.4, -0.2) is 64.7 Å². The van der Waals surface area contributed by atoms with Crippen molar-refractivity contribution in [1.29, 1.82) is 0 Å². The van der Waals surface area contributed by atoms with Crippen molar-refractivity contribution in [3.05, 3.63) is 89.2 Å². The molecule has 2 N–H and O–H groups in total. The van der Waals surface area contributed by atoms with Crippen LogP contribution in [0.5, 0.6) is 0 Å². The number of hydrogen-bond acceptors (Lipinski definition) is 8. The normalized spacial score (nSPS) is 23.9. The number of aliphatic hydroxyl groups is 1. The zero-order chi connectivity index (χ0) is 27.2. The molecule has 2 fully saturated rings. The van der Waals surface area contributed by atoms with E-state index in [1.807, 2.05) is 54.6 Å². The maximum absolute atomic E-state index is 11.3. The fraction of sp³-hybridized carbons (Fsp3) is 0.433. The predicted molar refractivity (Wildman–Crippen MR) is 148 cm³/mol. The largest absolute Gasteiger partial charge is 0.392 e. The summed E-state index contributed by atoms with van der Waals surface area (Å²) in [6, 6.07) is 17.9. The third kappa shape index (κ3) is 6.80. The van der Waals surface area contributed by atoms with E-state index in [-0.39, 0.29) is 30.6 Å². The Balaban J connectivity index is 1.30. The Bertz CT molecular complexity index is 1200. The number of benzene rings is 2. The number of nitrogens with zero attached hydrogens (tertiary/aromatic N) is 4. The molecule has 9 heteroatoms. The standard InChI is InChI=1S/C30H37N5O4/c1-21-27(19-34-14-16-35(17-15-34)30-31-12-3-13-32-30)38-29(26-10-4-23(5-11-26)18-33-22(2)37)39-28(21)25-8-6-24(20-36)7-9-25/h3-13,21,27-29,36H,14-20H2,1-2H3,(H,33,37)/t21-,27+,28+,29+/m1/s1. The van der Waals surface area contributed by atoms with Crippen LogP contribution in [0.4, 0.5) is 5.95 Å². The molecule has 206 valence electrons. The lowest BCUT2D eigenvalue weighted by molar-refractivity contribution is -0.276. The number of nitrogens with one attached hydrogen (secondary N) is 1. The molecular weight excluding hydrogens is 494 g/mol. The molecule has 0 spiro atoms. The van der Waals surface area contributed by atoms with Crippen LogP contribution in [0, 0.1) is 5.92 Å². The molecule has 4 atom stereocenters. The molecule has 2 saturated heterocycles. The summed E-state index contributed by atoms with van der Waals surface area (Å²) < 4.78 is 13.2. The third-order valence-corrected chi connectivity index (χ3v) is 7.56. The molecule has 1 aromatic heterocycles. The lowest BCUT2D eigenvalue weighted by Gasteiger charge is -2.44. The summed E-state index contributed by atoms with van der Waals surface area (Å²) in [7, 11) is 0. The van der Waals surface area contributed by atoms with Gasteiger partial charge in [0.05, 0.1) is 18.8 Å². The van der Waals surface area contributed by atoms with Crippen LogP contribution >= 0.6 is 0 Å². The van der Waals surface area contributed by atoms with Gasteiger partial charge in [-0.05, 0) is 22.8 Å². The number of rotatable bonds is 8. The van der Waals surface area contributed by atoms with Crippen molar-refractivity contribution >= 4 is 11.9 Å². The Morgan fingerprint density at radius 1 is 0.949 bits per heavy atom. The molecule has 3 aromatic rings. The van der Waals surface area contributed by atoms with E-state index in [1.165, 1.54) is 6.92 Å². The molecule has 2 aromatic carbocycles. The summed E-state index contributed by atoms with van der Waals surface area (Å²) in [6.45, 7) is 8.56. The van der Waals surface area contributed by atoms with Crippen LogP contribution in [0.3, 0.4) is 0 Å². The van der Waals surface area contributed by atoms with Crippen molar-refractivity contribution in [3.63, 3.8) is 0 Å². The highest BCUT2D eigenvalue weighted by molar-refractivity contribution is 5.72. The van der Waals surface area contributed by atoms with Crippen molar-refractivity contribution in [2.24, 2.45) is 5.92 Å². The van der Waals surface area contributed by atoms with Crippen molar-refractivity contribution in [1.82, 2.24) is 20.2 Å². The highest BCUT2D eigenvalue weighted by Crippen LogP contribution is 2.42. The predicted octanol–water partition coefficient (Wildman–Crippen LogP) is 3.22. The topological polar surface area (TPSA) is 100 Å². The summed E-state index contributed by atoms with van der Waals surface area (Å²) in [5.74, 6) is 0.846. The summed E-state index contributed by atoms with van der Waals surface area (Å²) in [6.07, 6.45) is 2.87. The number of carbonyl (C=O) groups is 1. The van der Waals surface area contributed by atoms with Crippen molar-refractivity contribution < 1.29 is 19.4 Å². The first kappa shape index (κ1) is 27.2. The van der Waals surface area contributed by atoms with E-state index in [9.17, 15) is 9.90 Å². The maximum atomic E-state index is 11.3. The fourth-order valence-corrected chi connectivity index (χ4v) is 5.19. The molecule has 39 heavy (non-hydrogen) atoms. The first-order valence-electron chi connectivity index (χ1n) is 13.6. The van der Waals surface area contributed by atoms with Gasteiger partial charge < -0.3 is 24.8 Å². The fourth-order valence-electron chi connectivity index (χ4n) is 5.19. The minimum Gasteiger partial charge on any atom is -0.392 e. The summed E-state index contributed by atoms with van der Waals surface area (Å²) in [5.41, 5.74) is 3.92. The minimum atomic E-state index is -0.512. The van der Waals surface area contributed by atoms with Crippen LogP contribution in [-0.2, 0) is 27.4 Å². The van der Waals surface area contributed by atoms with E-state index in [1.54, 1.807) is 12.4 Å². The zero-order valence-corrected chi connectivity index (χ0v) is 22.6. The second-order valence-corrected chi connectivity index (χ2v) is 10.3. The van der Waals surface area contributed by atoms with Gasteiger partial charge in [0.15, 0.2) is 6.29 Å². The molecular formula is C30H37N5O4. The average molecular weight is 532 g/mol. The second-order valence-electron chi connectivity index (χ2n) is 10.3. The molecule has 2 aliphatic rings. The Morgan fingerprint density at radius 2 is 1.59 bits per heavy atom. The minimum absolute atomic E-state index is 0.0144. The number of amides is 1. The van der Waals surface area contributed by atoms with Gasteiger partial charge in [-0.25, -0.2) is 9.97 Å². The lowest BCUT2D eigenvalue weighted by Crippen LogP contribution is -2.51. The van der Waals surface area contributed by atoms with Gasteiger partial charge in [-0.15, -0.1) is 0 Å². The molecule has 5 rings (SSSR count). The second kappa shape index (κ2) is 12.7. The maximum Gasteiger partial charge on any atom is 0.225 e. The number of anilines is 1. The van der Waals surface area contributed by atoms with Gasteiger partial charge >= 0.3 is 0 Å². The molecule has 0 aliphatic carbocycles. The summed E-state index contributed by atoms with van der Waals surface area (Å²) >= 11 is 0. The molecule has 0 unspecified atom stereocenters. The third-order valence-electron chi connectivity index (χ3n) is 7.56. The quantitative estimate of drug-likeness (QED) is 0.457. The van der Waals surface area contributed by atoms with E-state index >= 15 is 0 Å². The number of aromatic nitrogens is 2. The molecule has 1 amide bonds.